The molecular formula is C10H11N5. The Hall–Kier alpha value is -1.91. The lowest BCUT2D eigenvalue weighted by Gasteiger charge is -2.13. The van der Waals surface area contributed by atoms with Crippen LogP contribution < -0.4 is 5.32 Å². The zero-order valence-corrected chi connectivity index (χ0v) is 8.22. The number of hydrogen-bond acceptors (Lipinski definition) is 4. The molecule has 15 heavy (non-hydrogen) atoms. The van der Waals surface area contributed by atoms with Crippen molar-refractivity contribution in [3.8, 4) is 0 Å². The van der Waals surface area contributed by atoms with Crippen molar-refractivity contribution in [3.63, 3.8) is 0 Å². The van der Waals surface area contributed by atoms with E-state index in [-0.39, 0.29) is 0 Å². The van der Waals surface area contributed by atoms with Crippen LogP contribution >= 0.6 is 0 Å². The molecule has 2 heterocycles. The van der Waals surface area contributed by atoms with Gasteiger partial charge in [0.05, 0.1) is 5.52 Å². The van der Waals surface area contributed by atoms with Crippen molar-refractivity contribution in [2.24, 2.45) is 4.99 Å². The molecular weight excluding hydrogens is 190 g/mol. The summed E-state index contributed by atoms with van der Waals surface area (Å²) >= 11 is 0. The van der Waals surface area contributed by atoms with Crippen LogP contribution in [-0.2, 0) is 0 Å². The number of aromatic nitrogens is 3. The summed E-state index contributed by atoms with van der Waals surface area (Å²) in [5.74, 6) is 0.801. The SMILES string of the molecule is c1ccc2c(c1)nnn2C1=NCCCN1. The van der Waals surface area contributed by atoms with Crippen LogP contribution in [0.2, 0.25) is 0 Å². The van der Waals surface area contributed by atoms with E-state index < -0.39 is 0 Å². The first-order valence-corrected chi connectivity index (χ1v) is 5.04. The number of nitrogens with zero attached hydrogens (tertiary/aromatic N) is 4. The minimum Gasteiger partial charge on any atom is -0.354 e. The molecule has 0 fully saturated rings. The maximum atomic E-state index is 4.39. The number of nitrogens with one attached hydrogen (secondary N) is 1. The molecule has 0 amide bonds. The Bertz CT molecular complexity index is 513. The van der Waals surface area contributed by atoms with Gasteiger partial charge in [-0.15, -0.1) is 5.10 Å². The number of fused-ring (bicyclic) bond motifs is 1. The van der Waals surface area contributed by atoms with Crippen LogP contribution in [0, 0.1) is 0 Å². The molecule has 0 unspecified atom stereocenters. The fourth-order valence-corrected chi connectivity index (χ4v) is 1.69. The summed E-state index contributed by atoms with van der Waals surface area (Å²) in [5, 5.41) is 11.4. The zero-order valence-electron chi connectivity index (χ0n) is 8.22. The number of rotatable bonds is 0. The van der Waals surface area contributed by atoms with E-state index in [0.29, 0.717) is 0 Å². The summed E-state index contributed by atoms with van der Waals surface area (Å²) in [4.78, 5) is 4.39. The van der Waals surface area contributed by atoms with Crippen LogP contribution in [0.1, 0.15) is 6.42 Å². The van der Waals surface area contributed by atoms with E-state index in [1.54, 1.807) is 4.68 Å². The Balaban J connectivity index is 2.14. The average molecular weight is 201 g/mol. The average Bonchev–Trinajstić information content (AvgIpc) is 2.74. The zero-order chi connectivity index (χ0) is 10.1. The number of hydrogen-bond donors (Lipinski definition) is 1. The molecule has 76 valence electrons. The summed E-state index contributed by atoms with van der Waals surface area (Å²) in [6.45, 7) is 1.81. The van der Waals surface area contributed by atoms with Gasteiger partial charge in [-0.3, -0.25) is 4.99 Å². The minimum absolute atomic E-state index is 0.801. The van der Waals surface area contributed by atoms with Crippen LogP contribution in [-0.4, -0.2) is 34.0 Å². The molecule has 1 aromatic carbocycles. The van der Waals surface area contributed by atoms with Crippen molar-refractivity contribution in [3.05, 3.63) is 24.3 Å². The molecule has 0 radical (unpaired) electrons. The lowest BCUT2D eigenvalue weighted by Crippen LogP contribution is -2.35. The van der Waals surface area contributed by atoms with Crippen molar-refractivity contribution in [2.45, 2.75) is 6.42 Å². The topological polar surface area (TPSA) is 55.1 Å². The maximum Gasteiger partial charge on any atom is 0.221 e. The maximum absolute atomic E-state index is 4.39. The molecule has 5 nitrogen and oxygen atoms in total. The van der Waals surface area contributed by atoms with Gasteiger partial charge < -0.3 is 5.32 Å². The molecule has 5 heteroatoms. The van der Waals surface area contributed by atoms with E-state index in [2.05, 4.69) is 20.6 Å². The Labute approximate surface area is 86.8 Å². The van der Waals surface area contributed by atoms with Gasteiger partial charge in [0.15, 0.2) is 0 Å². The molecule has 1 N–H and O–H groups in total. The smallest absolute Gasteiger partial charge is 0.221 e. The van der Waals surface area contributed by atoms with Gasteiger partial charge in [0.1, 0.15) is 5.52 Å². The van der Waals surface area contributed by atoms with Gasteiger partial charge in [0, 0.05) is 13.1 Å². The summed E-state index contributed by atoms with van der Waals surface area (Å²) in [5.41, 5.74) is 1.89. The second kappa shape index (κ2) is 3.34. The molecule has 2 aromatic rings. The first-order valence-electron chi connectivity index (χ1n) is 5.04. The summed E-state index contributed by atoms with van der Waals surface area (Å²) < 4.78 is 1.76. The quantitative estimate of drug-likeness (QED) is 0.680. The van der Waals surface area contributed by atoms with Gasteiger partial charge in [0.2, 0.25) is 5.96 Å². The highest BCUT2D eigenvalue weighted by Crippen LogP contribution is 2.09. The fraction of sp³-hybridized carbons (Fsp3) is 0.300. The highest BCUT2D eigenvalue weighted by Gasteiger charge is 2.11. The van der Waals surface area contributed by atoms with E-state index >= 15 is 0 Å². The van der Waals surface area contributed by atoms with Gasteiger partial charge in [-0.25, -0.2) is 0 Å². The molecule has 1 aromatic heterocycles. The molecule has 0 saturated heterocycles. The predicted octanol–water partition coefficient (Wildman–Crippen LogP) is 0.629. The Morgan fingerprint density at radius 3 is 3.07 bits per heavy atom. The Morgan fingerprint density at radius 2 is 2.20 bits per heavy atom. The van der Waals surface area contributed by atoms with Crippen molar-refractivity contribution in [2.75, 3.05) is 13.1 Å². The molecule has 0 spiro atoms. The third-order valence-electron chi connectivity index (χ3n) is 2.43. The van der Waals surface area contributed by atoms with Crippen LogP contribution in [0.3, 0.4) is 0 Å². The van der Waals surface area contributed by atoms with E-state index in [1.165, 1.54) is 0 Å². The third kappa shape index (κ3) is 1.36. The Kier molecular flexibility index (Phi) is 1.87. The van der Waals surface area contributed by atoms with E-state index in [0.717, 1.165) is 36.5 Å². The van der Waals surface area contributed by atoms with Gasteiger partial charge in [-0.2, -0.15) is 4.68 Å². The largest absolute Gasteiger partial charge is 0.354 e. The highest BCUT2D eigenvalue weighted by molar-refractivity contribution is 5.90. The minimum atomic E-state index is 0.801. The molecule has 3 rings (SSSR count). The molecule has 1 aliphatic heterocycles. The van der Waals surface area contributed by atoms with Gasteiger partial charge in [-0.05, 0) is 18.6 Å². The first kappa shape index (κ1) is 8.40. The summed E-state index contributed by atoms with van der Waals surface area (Å²) in [6.07, 6.45) is 1.08. The van der Waals surface area contributed by atoms with E-state index in [9.17, 15) is 0 Å². The van der Waals surface area contributed by atoms with Crippen molar-refractivity contribution < 1.29 is 0 Å². The third-order valence-corrected chi connectivity index (χ3v) is 2.43. The molecule has 0 bridgehead atoms. The van der Waals surface area contributed by atoms with Gasteiger partial charge in [-0.1, -0.05) is 17.3 Å². The van der Waals surface area contributed by atoms with Crippen LogP contribution in [0.5, 0.6) is 0 Å². The van der Waals surface area contributed by atoms with Gasteiger partial charge in [0.25, 0.3) is 0 Å². The molecule has 1 aliphatic rings. The lowest BCUT2D eigenvalue weighted by atomic mass is 10.3. The Morgan fingerprint density at radius 1 is 1.27 bits per heavy atom. The summed E-state index contributed by atoms with van der Waals surface area (Å²) in [7, 11) is 0. The van der Waals surface area contributed by atoms with E-state index in [4.69, 9.17) is 0 Å². The molecule has 0 atom stereocenters. The second-order valence-electron chi connectivity index (χ2n) is 3.48. The van der Waals surface area contributed by atoms with Crippen molar-refractivity contribution >= 4 is 17.0 Å². The molecule has 0 aliphatic carbocycles. The van der Waals surface area contributed by atoms with Crippen molar-refractivity contribution in [1.82, 2.24) is 20.3 Å². The highest BCUT2D eigenvalue weighted by atomic mass is 15.5. The van der Waals surface area contributed by atoms with Crippen molar-refractivity contribution in [1.29, 1.82) is 0 Å². The fourth-order valence-electron chi connectivity index (χ4n) is 1.69. The monoisotopic (exact) mass is 201 g/mol. The van der Waals surface area contributed by atoms with E-state index in [1.807, 2.05) is 24.3 Å². The second-order valence-corrected chi connectivity index (χ2v) is 3.48. The summed E-state index contributed by atoms with van der Waals surface area (Å²) in [6, 6.07) is 7.87. The van der Waals surface area contributed by atoms with Crippen LogP contribution in [0.4, 0.5) is 0 Å². The lowest BCUT2D eigenvalue weighted by molar-refractivity contribution is 0.696. The van der Waals surface area contributed by atoms with Gasteiger partial charge >= 0.3 is 0 Å². The number of para-hydroxylation sites is 1. The normalized spacial score (nSPS) is 16.1. The first-order chi connectivity index (χ1) is 7.45. The predicted molar refractivity (Wildman–Crippen MR) is 57.8 cm³/mol. The molecule has 0 saturated carbocycles. The van der Waals surface area contributed by atoms with Crippen LogP contribution in [0.25, 0.3) is 11.0 Å². The number of benzene rings is 1. The standard InChI is InChI=1S/C10H11N5/c1-2-5-9-8(4-1)13-14-15(9)10-11-6-3-7-12-10/h1-2,4-5H,3,6-7H2,(H,11,12). The van der Waals surface area contributed by atoms with Crippen LogP contribution in [0.15, 0.2) is 29.3 Å². The number of aliphatic imine (C=N–C) groups is 1.